The van der Waals surface area contributed by atoms with Gasteiger partial charge in [0.15, 0.2) is 0 Å². The van der Waals surface area contributed by atoms with Gasteiger partial charge in [-0.15, -0.1) is 6.58 Å². The SMILES string of the molecule is C=CCCCC(NCC)c1cccc(Br)c1C. The maximum Gasteiger partial charge on any atom is 0.0323 e. The van der Waals surface area contributed by atoms with Crippen molar-refractivity contribution in [3.63, 3.8) is 0 Å². The highest BCUT2D eigenvalue weighted by molar-refractivity contribution is 9.10. The van der Waals surface area contributed by atoms with Gasteiger partial charge < -0.3 is 5.32 Å². The number of hydrogen-bond acceptors (Lipinski definition) is 1. The fourth-order valence-electron chi connectivity index (χ4n) is 2.08. The summed E-state index contributed by atoms with van der Waals surface area (Å²) in [4.78, 5) is 0. The fraction of sp³-hybridized carbons (Fsp3) is 0.467. The van der Waals surface area contributed by atoms with E-state index in [1.54, 1.807) is 0 Å². The van der Waals surface area contributed by atoms with Gasteiger partial charge in [-0.3, -0.25) is 0 Å². The predicted octanol–water partition coefficient (Wildman–Crippen LogP) is 4.76. The Bertz CT molecular complexity index is 360. The van der Waals surface area contributed by atoms with Crippen LogP contribution in [0.5, 0.6) is 0 Å². The molecule has 1 nitrogen and oxygen atoms in total. The van der Waals surface area contributed by atoms with Crippen LogP contribution in [0.2, 0.25) is 0 Å². The highest BCUT2D eigenvalue weighted by Crippen LogP contribution is 2.27. The monoisotopic (exact) mass is 295 g/mol. The minimum absolute atomic E-state index is 0.456. The van der Waals surface area contributed by atoms with Crippen LogP contribution in [0.4, 0.5) is 0 Å². The van der Waals surface area contributed by atoms with Crippen molar-refractivity contribution < 1.29 is 0 Å². The second-order valence-electron chi connectivity index (χ2n) is 4.28. The summed E-state index contributed by atoms with van der Waals surface area (Å²) in [6.07, 6.45) is 5.44. The third kappa shape index (κ3) is 4.29. The third-order valence-corrected chi connectivity index (χ3v) is 3.90. The maximum atomic E-state index is 3.78. The summed E-state index contributed by atoms with van der Waals surface area (Å²) in [5, 5.41) is 3.57. The van der Waals surface area contributed by atoms with Crippen molar-refractivity contribution in [1.29, 1.82) is 0 Å². The normalized spacial score (nSPS) is 12.4. The summed E-state index contributed by atoms with van der Waals surface area (Å²) in [6, 6.07) is 6.90. The molecule has 17 heavy (non-hydrogen) atoms. The van der Waals surface area contributed by atoms with Gasteiger partial charge in [0, 0.05) is 10.5 Å². The van der Waals surface area contributed by atoms with E-state index in [1.165, 1.54) is 22.0 Å². The average Bonchev–Trinajstić information content (AvgIpc) is 2.32. The smallest absolute Gasteiger partial charge is 0.0323 e. The summed E-state index contributed by atoms with van der Waals surface area (Å²) < 4.78 is 1.20. The molecule has 0 aliphatic carbocycles. The van der Waals surface area contributed by atoms with Gasteiger partial charge in [0.25, 0.3) is 0 Å². The van der Waals surface area contributed by atoms with E-state index < -0.39 is 0 Å². The molecule has 0 saturated heterocycles. The molecule has 2 heteroatoms. The third-order valence-electron chi connectivity index (χ3n) is 3.04. The highest BCUT2D eigenvalue weighted by atomic mass is 79.9. The van der Waals surface area contributed by atoms with Crippen LogP contribution in [0.15, 0.2) is 35.3 Å². The Morgan fingerprint density at radius 1 is 1.47 bits per heavy atom. The number of halogens is 1. The second kappa shape index (κ2) is 7.67. The molecule has 0 saturated carbocycles. The van der Waals surface area contributed by atoms with E-state index in [2.05, 4.69) is 59.9 Å². The van der Waals surface area contributed by atoms with Crippen LogP contribution in [-0.2, 0) is 0 Å². The van der Waals surface area contributed by atoms with E-state index in [0.29, 0.717) is 6.04 Å². The Balaban J connectivity index is 2.81. The summed E-state index contributed by atoms with van der Waals surface area (Å²) in [7, 11) is 0. The molecule has 0 bridgehead atoms. The van der Waals surface area contributed by atoms with Crippen molar-refractivity contribution in [2.45, 2.75) is 39.2 Å². The van der Waals surface area contributed by atoms with Crippen molar-refractivity contribution in [1.82, 2.24) is 5.32 Å². The quantitative estimate of drug-likeness (QED) is 0.565. The number of hydrogen-bond donors (Lipinski definition) is 1. The van der Waals surface area contributed by atoms with Crippen LogP contribution in [0.25, 0.3) is 0 Å². The zero-order chi connectivity index (χ0) is 12.7. The lowest BCUT2D eigenvalue weighted by molar-refractivity contribution is 0.498. The Kier molecular flexibility index (Phi) is 6.53. The standard InChI is InChI=1S/C15H22BrN/c1-4-6-7-11-15(17-5-2)13-9-8-10-14(16)12(13)3/h4,8-10,15,17H,1,5-7,11H2,2-3H3. The van der Waals surface area contributed by atoms with Gasteiger partial charge in [-0.2, -0.15) is 0 Å². The number of rotatable bonds is 7. The molecule has 1 aromatic rings. The van der Waals surface area contributed by atoms with Crippen LogP contribution in [0.3, 0.4) is 0 Å². The van der Waals surface area contributed by atoms with E-state index in [0.717, 1.165) is 19.4 Å². The minimum atomic E-state index is 0.456. The first-order chi connectivity index (χ1) is 8.20. The van der Waals surface area contributed by atoms with E-state index in [-0.39, 0.29) is 0 Å². The van der Waals surface area contributed by atoms with Crippen LogP contribution < -0.4 is 5.32 Å². The molecule has 1 rings (SSSR count). The van der Waals surface area contributed by atoms with E-state index in [4.69, 9.17) is 0 Å². The molecule has 0 radical (unpaired) electrons. The second-order valence-corrected chi connectivity index (χ2v) is 5.14. The van der Waals surface area contributed by atoms with Crippen molar-refractivity contribution in [3.05, 3.63) is 46.5 Å². The lowest BCUT2D eigenvalue weighted by Crippen LogP contribution is -2.21. The first-order valence-corrected chi connectivity index (χ1v) is 7.09. The topological polar surface area (TPSA) is 12.0 Å². The van der Waals surface area contributed by atoms with Crippen molar-refractivity contribution in [2.75, 3.05) is 6.54 Å². The molecule has 0 aromatic heterocycles. The van der Waals surface area contributed by atoms with Gasteiger partial charge in [0.05, 0.1) is 0 Å². The van der Waals surface area contributed by atoms with Crippen LogP contribution in [-0.4, -0.2) is 6.54 Å². The maximum absolute atomic E-state index is 3.78. The lowest BCUT2D eigenvalue weighted by atomic mass is 9.97. The minimum Gasteiger partial charge on any atom is -0.310 e. The molecule has 0 fully saturated rings. The Hall–Kier alpha value is -0.600. The van der Waals surface area contributed by atoms with E-state index in [9.17, 15) is 0 Å². The molecule has 1 N–H and O–H groups in total. The van der Waals surface area contributed by atoms with Gasteiger partial charge in [-0.05, 0) is 49.9 Å². The first kappa shape index (κ1) is 14.5. The molecule has 0 aliphatic rings. The predicted molar refractivity (Wildman–Crippen MR) is 79.3 cm³/mol. The zero-order valence-corrected chi connectivity index (χ0v) is 12.4. The molecule has 1 aromatic carbocycles. The van der Waals surface area contributed by atoms with Gasteiger partial charge >= 0.3 is 0 Å². The fourth-order valence-corrected chi connectivity index (χ4v) is 2.46. The molecule has 0 aliphatic heterocycles. The van der Waals surface area contributed by atoms with Crippen LogP contribution >= 0.6 is 15.9 Å². The molecule has 1 atom stereocenters. The molecule has 0 amide bonds. The number of nitrogens with one attached hydrogen (secondary N) is 1. The molecule has 0 heterocycles. The van der Waals surface area contributed by atoms with E-state index in [1.807, 2.05) is 6.08 Å². The highest BCUT2D eigenvalue weighted by Gasteiger charge is 2.13. The number of allylic oxidation sites excluding steroid dienone is 1. The molecular weight excluding hydrogens is 274 g/mol. The Morgan fingerprint density at radius 2 is 2.24 bits per heavy atom. The zero-order valence-electron chi connectivity index (χ0n) is 10.8. The molecule has 1 unspecified atom stereocenters. The van der Waals surface area contributed by atoms with Gasteiger partial charge in [-0.1, -0.05) is 41.1 Å². The van der Waals surface area contributed by atoms with Gasteiger partial charge in [-0.25, -0.2) is 0 Å². The molecular formula is C15H22BrN. The summed E-state index contributed by atoms with van der Waals surface area (Å²) in [6.45, 7) is 9.12. The van der Waals surface area contributed by atoms with Crippen molar-refractivity contribution in [3.8, 4) is 0 Å². The molecule has 0 spiro atoms. The summed E-state index contributed by atoms with van der Waals surface area (Å²) >= 11 is 3.60. The summed E-state index contributed by atoms with van der Waals surface area (Å²) in [5.41, 5.74) is 2.75. The van der Waals surface area contributed by atoms with Gasteiger partial charge in [0.2, 0.25) is 0 Å². The number of unbranched alkanes of at least 4 members (excludes halogenated alkanes) is 1. The average molecular weight is 296 g/mol. The Morgan fingerprint density at radius 3 is 2.88 bits per heavy atom. The van der Waals surface area contributed by atoms with Crippen LogP contribution in [0.1, 0.15) is 43.4 Å². The Labute approximate surface area is 113 Å². The van der Waals surface area contributed by atoms with E-state index >= 15 is 0 Å². The number of benzene rings is 1. The van der Waals surface area contributed by atoms with Crippen molar-refractivity contribution >= 4 is 15.9 Å². The van der Waals surface area contributed by atoms with Gasteiger partial charge in [0.1, 0.15) is 0 Å². The largest absolute Gasteiger partial charge is 0.310 e. The van der Waals surface area contributed by atoms with Crippen molar-refractivity contribution in [2.24, 2.45) is 0 Å². The summed E-state index contributed by atoms with van der Waals surface area (Å²) in [5.74, 6) is 0. The molecule has 94 valence electrons. The first-order valence-electron chi connectivity index (χ1n) is 6.30. The lowest BCUT2D eigenvalue weighted by Gasteiger charge is -2.20. The van der Waals surface area contributed by atoms with Crippen LogP contribution in [0, 0.1) is 6.92 Å².